The molecule has 25 heavy (non-hydrogen) atoms. The molecule has 0 radical (unpaired) electrons. The first-order valence-corrected chi connectivity index (χ1v) is 9.37. The standard InChI is InChI=1S/C22H25N3/c1-14-10-17-12-15(2)21(16-4-7-23-8-5-16)25-20-6-9-24(3)13-19(20)18(11-14)22(17)25/h4-5,7-8,10-11,15,21H,6,9,12-13H2,1-3H3. The Morgan fingerprint density at radius 3 is 2.76 bits per heavy atom. The van der Waals surface area contributed by atoms with Gasteiger partial charge < -0.3 is 9.47 Å². The lowest BCUT2D eigenvalue weighted by Crippen LogP contribution is -2.31. The number of rotatable bonds is 1. The van der Waals surface area contributed by atoms with Gasteiger partial charge in [-0.1, -0.05) is 18.6 Å². The predicted octanol–water partition coefficient (Wildman–Crippen LogP) is 4.11. The minimum absolute atomic E-state index is 0.424. The lowest BCUT2D eigenvalue weighted by atomic mass is 9.85. The lowest BCUT2D eigenvalue weighted by molar-refractivity contribution is 0.301. The second kappa shape index (κ2) is 5.43. The zero-order valence-electron chi connectivity index (χ0n) is 15.3. The van der Waals surface area contributed by atoms with Crippen LogP contribution >= 0.6 is 0 Å². The molecular weight excluding hydrogens is 306 g/mol. The topological polar surface area (TPSA) is 21.1 Å². The smallest absolute Gasteiger partial charge is 0.0618 e. The second-order valence-corrected chi connectivity index (χ2v) is 8.01. The third-order valence-corrected chi connectivity index (χ3v) is 6.10. The largest absolute Gasteiger partial charge is 0.336 e. The normalized spacial score (nSPS) is 23.0. The molecular formula is C22H25N3. The van der Waals surface area contributed by atoms with Crippen molar-refractivity contribution in [3.8, 4) is 0 Å². The zero-order chi connectivity index (χ0) is 17.1. The molecule has 5 rings (SSSR count). The van der Waals surface area contributed by atoms with Crippen LogP contribution in [0.5, 0.6) is 0 Å². The maximum absolute atomic E-state index is 4.24. The van der Waals surface area contributed by atoms with E-state index in [-0.39, 0.29) is 0 Å². The number of hydrogen-bond acceptors (Lipinski definition) is 2. The molecule has 3 aromatic rings. The average molecular weight is 331 g/mol. The van der Waals surface area contributed by atoms with Crippen LogP contribution in [-0.4, -0.2) is 28.0 Å². The van der Waals surface area contributed by atoms with Crippen molar-refractivity contribution in [1.29, 1.82) is 0 Å². The molecule has 3 nitrogen and oxygen atoms in total. The molecule has 2 atom stereocenters. The third-order valence-electron chi connectivity index (χ3n) is 6.10. The maximum atomic E-state index is 4.24. The number of hydrogen-bond donors (Lipinski definition) is 0. The van der Waals surface area contributed by atoms with Crippen molar-refractivity contribution in [2.75, 3.05) is 13.6 Å². The highest BCUT2D eigenvalue weighted by Crippen LogP contribution is 2.44. The van der Waals surface area contributed by atoms with Crippen LogP contribution in [0.25, 0.3) is 10.9 Å². The van der Waals surface area contributed by atoms with E-state index in [1.807, 2.05) is 12.4 Å². The SMILES string of the molecule is Cc1cc2c3c(c1)c1c(n3C(c3ccncc3)C(C)C2)CCN(C)C1. The first-order chi connectivity index (χ1) is 12.1. The van der Waals surface area contributed by atoms with Gasteiger partial charge >= 0.3 is 0 Å². The molecule has 0 saturated carbocycles. The van der Waals surface area contributed by atoms with E-state index in [9.17, 15) is 0 Å². The molecule has 4 heterocycles. The summed E-state index contributed by atoms with van der Waals surface area (Å²) in [6.07, 6.45) is 6.18. The summed E-state index contributed by atoms with van der Waals surface area (Å²) >= 11 is 0. The van der Waals surface area contributed by atoms with Crippen molar-refractivity contribution >= 4 is 10.9 Å². The summed E-state index contributed by atoms with van der Waals surface area (Å²) in [6.45, 7) is 6.86. The van der Waals surface area contributed by atoms with Gasteiger partial charge in [0.05, 0.1) is 11.6 Å². The van der Waals surface area contributed by atoms with Crippen molar-refractivity contribution in [3.05, 3.63) is 64.6 Å². The number of nitrogens with zero attached hydrogens (tertiary/aromatic N) is 3. The van der Waals surface area contributed by atoms with Crippen LogP contribution in [0.15, 0.2) is 36.7 Å². The summed E-state index contributed by atoms with van der Waals surface area (Å²) in [6, 6.07) is 9.65. The first-order valence-electron chi connectivity index (χ1n) is 9.37. The van der Waals surface area contributed by atoms with Gasteiger partial charge in [-0.2, -0.15) is 0 Å². The van der Waals surface area contributed by atoms with Gasteiger partial charge in [-0.3, -0.25) is 4.98 Å². The quantitative estimate of drug-likeness (QED) is 0.669. The maximum Gasteiger partial charge on any atom is 0.0618 e. The van der Waals surface area contributed by atoms with Gasteiger partial charge in [-0.05, 0) is 61.2 Å². The molecule has 2 aromatic heterocycles. The lowest BCUT2D eigenvalue weighted by Gasteiger charge is -2.35. The van der Waals surface area contributed by atoms with E-state index < -0.39 is 0 Å². The molecule has 3 heteroatoms. The number of likely N-dealkylation sites (N-methyl/N-ethyl adjacent to an activating group) is 1. The highest BCUT2D eigenvalue weighted by Gasteiger charge is 2.34. The molecule has 0 fully saturated rings. The summed E-state index contributed by atoms with van der Waals surface area (Å²) in [5, 5.41) is 1.49. The van der Waals surface area contributed by atoms with Crippen molar-refractivity contribution in [1.82, 2.24) is 14.5 Å². The number of aryl methyl sites for hydroxylation is 1. The van der Waals surface area contributed by atoms with Gasteiger partial charge in [-0.25, -0.2) is 0 Å². The summed E-state index contributed by atoms with van der Waals surface area (Å²) in [4.78, 5) is 6.69. The average Bonchev–Trinajstić information content (AvgIpc) is 2.90. The number of benzene rings is 1. The molecule has 0 bridgehead atoms. The molecule has 0 spiro atoms. The fraction of sp³-hybridized carbons (Fsp3) is 0.409. The summed E-state index contributed by atoms with van der Waals surface area (Å²) in [5.74, 6) is 0.594. The molecule has 0 amide bonds. The molecule has 2 aliphatic heterocycles. The zero-order valence-corrected chi connectivity index (χ0v) is 15.3. The van der Waals surface area contributed by atoms with Crippen LogP contribution in [0, 0.1) is 12.8 Å². The van der Waals surface area contributed by atoms with E-state index in [0.717, 1.165) is 25.9 Å². The summed E-state index contributed by atoms with van der Waals surface area (Å²) < 4.78 is 2.69. The van der Waals surface area contributed by atoms with Crippen molar-refractivity contribution in [2.45, 2.75) is 39.3 Å². The van der Waals surface area contributed by atoms with Crippen molar-refractivity contribution < 1.29 is 0 Å². The first kappa shape index (κ1) is 15.2. The Hall–Kier alpha value is -2.13. The van der Waals surface area contributed by atoms with E-state index in [4.69, 9.17) is 0 Å². The highest BCUT2D eigenvalue weighted by molar-refractivity contribution is 5.90. The Labute approximate surface area is 149 Å². The van der Waals surface area contributed by atoms with Gasteiger partial charge in [-0.15, -0.1) is 0 Å². The van der Waals surface area contributed by atoms with Gasteiger partial charge in [0.1, 0.15) is 0 Å². The van der Waals surface area contributed by atoms with E-state index in [2.05, 4.69) is 59.6 Å². The summed E-state index contributed by atoms with van der Waals surface area (Å²) in [5.41, 5.74) is 8.93. The van der Waals surface area contributed by atoms with E-state index in [0.29, 0.717) is 12.0 Å². The van der Waals surface area contributed by atoms with Crippen LogP contribution < -0.4 is 0 Å². The van der Waals surface area contributed by atoms with E-state index in [1.165, 1.54) is 27.6 Å². The van der Waals surface area contributed by atoms with Gasteiger partial charge in [0, 0.05) is 43.0 Å². The van der Waals surface area contributed by atoms with Crippen LogP contribution in [0.1, 0.15) is 40.9 Å². The molecule has 0 N–H and O–H groups in total. The predicted molar refractivity (Wildman–Crippen MR) is 102 cm³/mol. The Morgan fingerprint density at radius 2 is 1.96 bits per heavy atom. The van der Waals surface area contributed by atoms with Crippen molar-refractivity contribution in [3.63, 3.8) is 0 Å². The monoisotopic (exact) mass is 331 g/mol. The van der Waals surface area contributed by atoms with Crippen LogP contribution in [0.2, 0.25) is 0 Å². The van der Waals surface area contributed by atoms with Crippen molar-refractivity contribution in [2.24, 2.45) is 5.92 Å². The van der Waals surface area contributed by atoms with E-state index >= 15 is 0 Å². The molecule has 2 unspecified atom stereocenters. The number of pyridine rings is 1. The molecule has 1 aromatic carbocycles. The minimum Gasteiger partial charge on any atom is -0.336 e. The van der Waals surface area contributed by atoms with Crippen LogP contribution in [0.3, 0.4) is 0 Å². The fourth-order valence-corrected chi connectivity index (χ4v) is 5.11. The number of fused-ring (bicyclic) bond motifs is 3. The third kappa shape index (κ3) is 2.18. The van der Waals surface area contributed by atoms with Gasteiger partial charge in [0.15, 0.2) is 0 Å². The van der Waals surface area contributed by atoms with Crippen LogP contribution in [-0.2, 0) is 19.4 Å². The second-order valence-electron chi connectivity index (χ2n) is 8.01. The Balaban J connectivity index is 1.85. The Morgan fingerprint density at radius 1 is 1.16 bits per heavy atom. The minimum atomic E-state index is 0.424. The van der Waals surface area contributed by atoms with Gasteiger partial charge in [0.2, 0.25) is 0 Å². The summed E-state index contributed by atoms with van der Waals surface area (Å²) in [7, 11) is 2.24. The number of aromatic nitrogens is 2. The van der Waals surface area contributed by atoms with Crippen LogP contribution in [0.4, 0.5) is 0 Å². The Bertz CT molecular complexity index is 955. The molecule has 128 valence electrons. The Kier molecular flexibility index (Phi) is 3.29. The molecule has 0 saturated heterocycles. The van der Waals surface area contributed by atoms with E-state index in [1.54, 1.807) is 11.3 Å². The highest BCUT2D eigenvalue weighted by atomic mass is 15.1. The van der Waals surface area contributed by atoms with Gasteiger partial charge in [0.25, 0.3) is 0 Å². The molecule has 2 aliphatic rings. The fourth-order valence-electron chi connectivity index (χ4n) is 5.11. The molecule has 0 aliphatic carbocycles.